The van der Waals surface area contributed by atoms with E-state index in [2.05, 4.69) is 89.3 Å². The molecule has 2 aliphatic heterocycles. The van der Waals surface area contributed by atoms with Crippen LogP contribution in [0.25, 0.3) is 44.4 Å². The van der Waals surface area contributed by atoms with Crippen LogP contribution in [0.4, 0.5) is 0 Å². The molecule has 298 valence electrons. The van der Waals surface area contributed by atoms with Gasteiger partial charge < -0.3 is 9.97 Å². The van der Waals surface area contributed by atoms with E-state index in [4.69, 9.17) is 22.8 Å². The summed E-state index contributed by atoms with van der Waals surface area (Å²) in [5.74, 6) is 6.33. The maximum absolute atomic E-state index is 6.54. The van der Waals surface area contributed by atoms with Crippen LogP contribution >= 0.6 is 0 Å². The predicted octanol–water partition coefficient (Wildman–Crippen LogP) is 14.9. The van der Waals surface area contributed by atoms with E-state index in [-0.39, 0.29) is 0 Å². The Bertz CT molecular complexity index is 2020. The molecule has 0 aliphatic carbocycles. The first-order valence-corrected chi connectivity index (χ1v) is 22.4. The molecule has 5 heterocycles. The smallest absolute Gasteiger partial charge is 0.0847 e. The van der Waals surface area contributed by atoms with Gasteiger partial charge in [-0.25, -0.2) is 9.97 Å². The van der Waals surface area contributed by atoms with Crippen LogP contribution in [-0.4, -0.2) is 19.9 Å². The highest BCUT2D eigenvalue weighted by atomic mass is 14.8. The van der Waals surface area contributed by atoms with E-state index in [1.165, 1.54) is 122 Å². The van der Waals surface area contributed by atoms with Gasteiger partial charge in [0.2, 0.25) is 0 Å². The van der Waals surface area contributed by atoms with E-state index >= 15 is 0 Å². The fraction of sp³-hybridized carbons (Fsp3) is 0.538. The van der Waals surface area contributed by atoms with Crippen molar-refractivity contribution in [1.29, 1.82) is 0 Å². The summed E-state index contributed by atoms with van der Waals surface area (Å²) in [5.41, 5.74) is 20.0. The van der Waals surface area contributed by atoms with E-state index in [0.717, 1.165) is 107 Å². The highest BCUT2D eigenvalue weighted by molar-refractivity contribution is 5.98. The van der Waals surface area contributed by atoms with Gasteiger partial charge in [0.05, 0.1) is 44.9 Å². The van der Waals surface area contributed by atoms with Crippen molar-refractivity contribution in [3.8, 4) is 24.7 Å². The van der Waals surface area contributed by atoms with Gasteiger partial charge in [-0.15, -0.1) is 12.8 Å². The second kappa shape index (κ2) is 20.8. The summed E-state index contributed by atoms with van der Waals surface area (Å²) in [4.78, 5) is 18.8. The molecule has 0 saturated carbocycles. The molecule has 0 fully saturated rings. The number of terminal acetylenes is 2. The molecule has 2 aliphatic rings. The summed E-state index contributed by atoms with van der Waals surface area (Å²) in [6, 6.07) is 4.61. The number of aromatic nitrogens is 4. The number of aryl methyl sites for hydroxylation is 4. The Labute approximate surface area is 339 Å². The Hall–Kier alpha value is -4.28. The first-order chi connectivity index (χ1) is 27.2. The SMILES string of the molecule is C#Cc1c2nc(cc3nc(c(C#C)c4[nH]c(cc5[nH]c1c(C)c5CCCCCC)c(CCCCCC)c4C)C(C)=C3CCCCCC)C(CCCCCC)=C2C. The van der Waals surface area contributed by atoms with Gasteiger partial charge in [0.25, 0.3) is 0 Å². The van der Waals surface area contributed by atoms with Crippen molar-refractivity contribution in [2.24, 2.45) is 0 Å². The van der Waals surface area contributed by atoms with Crippen molar-refractivity contribution in [2.45, 2.75) is 184 Å². The highest BCUT2D eigenvalue weighted by Crippen LogP contribution is 2.41. The fourth-order valence-electron chi connectivity index (χ4n) is 8.98. The van der Waals surface area contributed by atoms with Gasteiger partial charge in [-0.1, -0.05) is 117 Å². The molecule has 3 aromatic heterocycles. The van der Waals surface area contributed by atoms with Crippen LogP contribution < -0.4 is 0 Å². The van der Waals surface area contributed by atoms with E-state index in [1.54, 1.807) is 0 Å². The summed E-state index contributed by atoms with van der Waals surface area (Å²) in [6.07, 6.45) is 36.2. The quantitative estimate of drug-likeness (QED) is 0.0892. The van der Waals surface area contributed by atoms with Crippen molar-refractivity contribution in [3.63, 3.8) is 0 Å². The van der Waals surface area contributed by atoms with Crippen molar-refractivity contribution in [3.05, 3.63) is 68.3 Å². The number of hydrogen-bond acceptors (Lipinski definition) is 2. The average molecular weight is 751 g/mol. The Morgan fingerprint density at radius 2 is 0.839 bits per heavy atom. The maximum Gasteiger partial charge on any atom is 0.0847 e. The first-order valence-electron chi connectivity index (χ1n) is 22.4. The molecule has 3 aromatic rings. The third kappa shape index (κ3) is 9.46. The number of aromatic amines is 2. The molecule has 0 radical (unpaired) electrons. The molecule has 0 amide bonds. The molecule has 0 spiro atoms. The van der Waals surface area contributed by atoms with E-state index in [0.29, 0.717) is 0 Å². The Morgan fingerprint density at radius 1 is 0.482 bits per heavy atom. The second-order valence-electron chi connectivity index (χ2n) is 16.5. The lowest BCUT2D eigenvalue weighted by Crippen LogP contribution is -1.90. The highest BCUT2D eigenvalue weighted by Gasteiger charge is 2.25. The number of hydrogen-bond donors (Lipinski definition) is 2. The standard InChI is InChI=1S/C52H70N4/c1-11-17-21-25-29-41-35(7)49-39(15-5)50-37(9)43(31-27-23-19-13-3)47(55-50)34-48-44(32-28-24-20-14-4)38(10)52(56-48)40(16-6)51-36(8)42(30-26-22-18-12-2)46(54-51)33-45(41)53-49/h5-6,33-34,53-54H,11-14,17-32H2,1-4,7-10H3. The normalized spacial score (nSPS) is 12.8. The lowest BCUT2D eigenvalue weighted by Gasteiger charge is -2.07. The number of nitrogens with zero attached hydrogens (tertiary/aromatic N) is 2. The van der Waals surface area contributed by atoms with Crippen LogP contribution in [0.2, 0.25) is 0 Å². The van der Waals surface area contributed by atoms with Crippen LogP contribution in [0.3, 0.4) is 0 Å². The van der Waals surface area contributed by atoms with E-state index < -0.39 is 0 Å². The number of allylic oxidation sites excluding steroid dienone is 4. The zero-order valence-electron chi connectivity index (χ0n) is 36.3. The Morgan fingerprint density at radius 3 is 1.18 bits per heavy atom. The summed E-state index contributed by atoms with van der Waals surface area (Å²) in [6.45, 7) is 18.1. The molecule has 0 atom stereocenters. The summed E-state index contributed by atoms with van der Waals surface area (Å²) in [5, 5.41) is 0. The van der Waals surface area contributed by atoms with Crippen LogP contribution in [0.5, 0.6) is 0 Å². The Kier molecular flexibility index (Phi) is 15.9. The van der Waals surface area contributed by atoms with Crippen LogP contribution in [0.1, 0.15) is 213 Å². The van der Waals surface area contributed by atoms with Crippen molar-refractivity contribution < 1.29 is 0 Å². The third-order valence-corrected chi connectivity index (χ3v) is 12.5. The van der Waals surface area contributed by atoms with Gasteiger partial charge in [0, 0.05) is 11.0 Å². The van der Waals surface area contributed by atoms with Crippen LogP contribution in [0, 0.1) is 38.5 Å². The summed E-state index contributed by atoms with van der Waals surface area (Å²) >= 11 is 0. The van der Waals surface area contributed by atoms with Gasteiger partial charge in [-0.05, 0) is 136 Å². The topological polar surface area (TPSA) is 57.4 Å². The molecular weight excluding hydrogens is 681 g/mol. The zero-order valence-corrected chi connectivity index (χ0v) is 36.3. The molecule has 0 aromatic carbocycles. The minimum atomic E-state index is 0.856. The number of H-pyrrole nitrogens is 2. The lowest BCUT2D eigenvalue weighted by molar-refractivity contribution is 0.667. The minimum absolute atomic E-state index is 0.856. The maximum atomic E-state index is 6.54. The number of nitrogens with one attached hydrogen (secondary N) is 2. The molecule has 56 heavy (non-hydrogen) atoms. The van der Waals surface area contributed by atoms with Gasteiger partial charge in [0.1, 0.15) is 0 Å². The van der Waals surface area contributed by atoms with Crippen molar-refractivity contribution in [1.82, 2.24) is 19.9 Å². The Balaban J connectivity index is 1.93. The molecule has 8 bridgehead atoms. The molecule has 0 unspecified atom stereocenters. The van der Waals surface area contributed by atoms with Crippen molar-refractivity contribution in [2.75, 3.05) is 0 Å². The minimum Gasteiger partial charge on any atom is -0.354 e. The molecule has 0 saturated heterocycles. The fourth-order valence-corrected chi connectivity index (χ4v) is 8.98. The number of rotatable bonds is 20. The van der Waals surface area contributed by atoms with E-state index in [1.807, 2.05) is 0 Å². The zero-order chi connectivity index (χ0) is 40.2. The average Bonchev–Trinajstić information content (AvgIpc) is 3.87. The summed E-state index contributed by atoms with van der Waals surface area (Å²) in [7, 11) is 0. The number of unbranched alkanes of at least 4 members (excludes halogenated alkanes) is 12. The second-order valence-corrected chi connectivity index (χ2v) is 16.5. The first kappa shape index (κ1) is 42.9. The third-order valence-electron chi connectivity index (χ3n) is 12.5. The largest absolute Gasteiger partial charge is 0.354 e. The van der Waals surface area contributed by atoms with Gasteiger partial charge >= 0.3 is 0 Å². The van der Waals surface area contributed by atoms with Gasteiger partial charge in [-0.2, -0.15) is 0 Å². The molecule has 2 N–H and O–H groups in total. The lowest BCUT2D eigenvalue weighted by atomic mass is 9.95. The molecule has 5 rings (SSSR count). The van der Waals surface area contributed by atoms with Gasteiger partial charge in [0.15, 0.2) is 0 Å². The molecular formula is C52H70N4. The summed E-state index contributed by atoms with van der Waals surface area (Å²) < 4.78 is 0. The van der Waals surface area contributed by atoms with Gasteiger partial charge in [-0.3, -0.25) is 0 Å². The van der Waals surface area contributed by atoms with Crippen LogP contribution in [-0.2, 0) is 12.8 Å². The molecule has 4 nitrogen and oxygen atoms in total. The predicted molar refractivity (Wildman–Crippen MR) is 245 cm³/mol. The monoisotopic (exact) mass is 751 g/mol. The van der Waals surface area contributed by atoms with E-state index in [9.17, 15) is 0 Å². The molecule has 4 heteroatoms. The number of fused-ring (bicyclic) bond motifs is 8. The van der Waals surface area contributed by atoms with Crippen molar-refractivity contribution >= 4 is 44.4 Å². The van der Waals surface area contributed by atoms with Crippen LogP contribution in [0.15, 0.2) is 12.1 Å².